The van der Waals surface area contributed by atoms with E-state index in [2.05, 4.69) is 4.99 Å². The summed E-state index contributed by atoms with van der Waals surface area (Å²) in [6.07, 6.45) is 1.72. The number of nitrogens with zero attached hydrogens (tertiary/aromatic N) is 1. The summed E-state index contributed by atoms with van der Waals surface area (Å²) in [5.41, 5.74) is 4.40. The summed E-state index contributed by atoms with van der Waals surface area (Å²) in [6.45, 7) is 2.04. The number of fused-ring (bicyclic) bond motifs is 1. The fraction of sp³-hybridized carbons (Fsp3) is 0.0455. The van der Waals surface area contributed by atoms with Gasteiger partial charge >= 0.3 is 0 Å². The number of phenols is 1. The third kappa shape index (κ3) is 3.09. The summed E-state index contributed by atoms with van der Waals surface area (Å²) in [5.74, 6) is 0.634. The van der Waals surface area contributed by atoms with E-state index in [-0.39, 0.29) is 5.75 Å². The van der Waals surface area contributed by atoms with Gasteiger partial charge in [-0.15, -0.1) is 0 Å². The summed E-state index contributed by atoms with van der Waals surface area (Å²) < 4.78 is 5.93. The van der Waals surface area contributed by atoms with E-state index in [1.165, 1.54) is 0 Å². The summed E-state index contributed by atoms with van der Waals surface area (Å²) in [4.78, 5) is 4.54. The minimum atomic E-state index is 0.176. The SMILES string of the molecule is Cc1ccc(-c2c(N=Cc3ccc(Cl)cc3)oc3cccc(O)c23)cc1. The monoisotopic (exact) mass is 361 g/mol. The zero-order valence-electron chi connectivity index (χ0n) is 14.1. The summed E-state index contributed by atoms with van der Waals surface area (Å²) in [7, 11) is 0. The van der Waals surface area contributed by atoms with Crippen molar-refractivity contribution in [1.82, 2.24) is 0 Å². The van der Waals surface area contributed by atoms with Crippen molar-refractivity contribution in [3.05, 3.63) is 82.9 Å². The highest BCUT2D eigenvalue weighted by molar-refractivity contribution is 6.30. The van der Waals surface area contributed by atoms with Gasteiger partial charge < -0.3 is 9.52 Å². The van der Waals surface area contributed by atoms with E-state index in [9.17, 15) is 5.11 Å². The second kappa shape index (κ2) is 6.70. The number of aryl methyl sites for hydroxylation is 1. The number of phenolic OH excluding ortho intramolecular Hbond substituents is 1. The Bertz CT molecular complexity index is 1090. The number of benzene rings is 3. The van der Waals surface area contributed by atoms with E-state index in [4.69, 9.17) is 16.0 Å². The highest BCUT2D eigenvalue weighted by Gasteiger charge is 2.18. The Kier molecular flexibility index (Phi) is 4.23. The van der Waals surface area contributed by atoms with Crippen molar-refractivity contribution in [2.75, 3.05) is 0 Å². The highest BCUT2D eigenvalue weighted by atomic mass is 35.5. The Labute approximate surface area is 156 Å². The molecule has 0 unspecified atom stereocenters. The maximum atomic E-state index is 10.4. The van der Waals surface area contributed by atoms with Gasteiger partial charge in [-0.1, -0.05) is 59.6 Å². The van der Waals surface area contributed by atoms with Gasteiger partial charge in [-0.2, -0.15) is 0 Å². The molecular weight excluding hydrogens is 346 g/mol. The van der Waals surface area contributed by atoms with Gasteiger partial charge in [-0.25, -0.2) is 4.99 Å². The maximum Gasteiger partial charge on any atom is 0.228 e. The lowest BCUT2D eigenvalue weighted by atomic mass is 10.0. The number of hydrogen-bond acceptors (Lipinski definition) is 3. The molecule has 4 aromatic rings. The van der Waals surface area contributed by atoms with Crippen LogP contribution in [0.25, 0.3) is 22.1 Å². The standard InChI is InChI=1S/C22H16ClNO2/c1-14-5-9-16(10-6-14)20-21-18(25)3-2-4-19(21)26-22(20)24-13-15-7-11-17(23)12-8-15/h2-13,25H,1H3. The van der Waals surface area contributed by atoms with Gasteiger partial charge in [0.25, 0.3) is 0 Å². The number of aliphatic imine (C=N–C) groups is 1. The molecule has 0 atom stereocenters. The molecule has 3 nitrogen and oxygen atoms in total. The average molecular weight is 362 g/mol. The molecule has 1 heterocycles. The Morgan fingerprint density at radius 2 is 1.69 bits per heavy atom. The fourth-order valence-corrected chi connectivity index (χ4v) is 3.00. The van der Waals surface area contributed by atoms with E-state index in [1.54, 1.807) is 18.3 Å². The van der Waals surface area contributed by atoms with Crippen LogP contribution in [0.15, 0.2) is 76.1 Å². The van der Waals surface area contributed by atoms with Crippen molar-refractivity contribution < 1.29 is 9.52 Å². The average Bonchev–Trinajstić information content (AvgIpc) is 3.02. The van der Waals surface area contributed by atoms with E-state index in [0.29, 0.717) is 21.9 Å². The molecule has 0 aliphatic carbocycles. The molecule has 0 saturated carbocycles. The zero-order valence-corrected chi connectivity index (χ0v) is 14.9. The van der Waals surface area contributed by atoms with Crippen LogP contribution < -0.4 is 0 Å². The molecule has 0 aliphatic rings. The third-order valence-corrected chi connectivity index (χ3v) is 4.47. The maximum absolute atomic E-state index is 10.4. The number of halogens is 1. The molecule has 0 aliphatic heterocycles. The molecule has 26 heavy (non-hydrogen) atoms. The second-order valence-electron chi connectivity index (χ2n) is 6.11. The van der Waals surface area contributed by atoms with Gasteiger partial charge in [0, 0.05) is 11.2 Å². The van der Waals surface area contributed by atoms with Crippen LogP contribution in [0.4, 0.5) is 5.88 Å². The first-order valence-electron chi connectivity index (χ1n) is 8.23. The third-order valence-electron chi connectivity index (χ3n) is 4.22. The molecule has 1 aromatic heterocycles. The molecule has 0 fully saturated rings. The van der Waals surface area contributed by atoms with Crippen LogP contribution >= 0.6 is 11.6 Å². The largest absolute Gasteiger partial charge is 0.507 e. The lowest BCUT2D eigenvalue weighted by Gasteiger charge is -2.02. The number of aromatic hydroxyl groups is 1. The molecule has 3 aromatic carbocycles. The summed E-state index contributed by atoms with van der Waals surface area (Å²) in [6, 6.07) is 20.7. The topological polar surface area (TPSA) is 45.7 Å². The molecule has 0 bridgehead atoms. The van der Waals surface area contributed by atoms with Crippen molar-refractivity contribution in [3.8, 4) is 16.9 Å². The molecule has 4 rings (SSSR count). The first-order chi connectivity index (χ1) is 12.6. The van der Waals surface area contributed by atoms with E-state index < -0.39 is 0 Å². The van der Waals surface area contributed by atoms with E-state index in [0.717, 1.165) is 22.3 Å². The Balaban J connectivity index is 1.88. The number of rotatable bonds is 3. The fourth-order valence-electron chi connectivity index (χ4n) is 2.88. The molecule has 0 amide bonds. The van der Waals surface area contributed by atoms with Crippen LogP contribution in [0.2, 0.25) is 5.02 Å². The first kappa shape index (κ1) is 16.4. The quantitative estimate of drug-likeness (QED) is 0.422. The van der Waals surface area contributed by atoms with Crippen LogP contribution in [0.5, 0.6) is 5.75 Å². The Morgan fingerprint density at radius 1 is 0.962 bits per heavy atom. The van der Waals surface area contributed by atoms with Crippen LogP contribution in [0.3, 0.4) is 0 Å². The van der Waals surface area contributed by atoms with Gasteiger partial charge in [0.1, 0.15) is 11.3 Å². The molecule has 4 heteroatoms. The van der Waals surface area contributed by atoms with Gasteiger partial charge in [-0.05, 0) is 42.3 Å². The molecular formula is C22H16ClNO2. The van der Waals surface area contributed by atoms with Crippen molar-refractivity contribution in [3.63, 3.8) is 0 Å². The van der Waals surface area contributed by atoms with Crippen molar-refractivity contribution in [2.24, 2.45) is 4.99 Å². The lowest BCUT2D eigenvalue weighted by molar-refractivity contribution is 0.481. The summed E-state index contributed by atoms with van der Waals surface area (Å²) in [5, 5.41) is 11.7. The molecule has 0 radical (unpaired) electrons. The lowest BCUT2D eigenvalue weighted by Crippen LogP contribution is -1.81. The van der Waals surface area contributed by atoms with Crippen LogP contribution in [0.1, 0.15) is 11.1 Å². The normalized spacial score (nSPS) is 11.5. The summed E-state index contributed by atoms with van der Waals surface area (Å²) >= 11 is 5.93. The van der Waals surface area contributed by atoms with Crippen molar-refractivity contribution in [2.45, 2.75) is 6.92 Å². The van der Waals surface area contributed by atoms with Crippen LogP contribution in [0, 0.1) is 6.92 Å². The van der Waals surface area contributed by atoms with Crippen LogP contribution in [-0.2, 0) is 0 Å². The molecule has 0 saturated heterocycles. The Morgan fingerprint density at radius 3 is 2.42 bits per heavy atom. The zero-order chi connectivity index (χ0) is 18.1. The van der Waals surface area contributed by atoms with Gasteiger partial charge in [0.05, 0.1) is 10.9 Å². The predicted octanol–water partition coefficient (Wildman–Crippen LogP) is 6.52. The molecule has 0 spiro atoms. The van der Waals surface area contributed by atoms with Gasteiger partial charge in [-0.3, -0.25) is 0 Å². The smallest absolute Gasteiger partial charge is 0.228 e. The van der Waals surface area contributed by atoms with E-state index in [1.807, 2.05) is 61.5 Å². The number of hydrogen-bond donors (Lipinski definition) is 1. The molecule has 1 N–H and O–H groups in total. The molecule has 128 valence electrons. The van der Waals surface area contributed by atoms with Gasteiger partial charge in [0.2, 0.25) is 5.88 Å². The van der Waals surface area contributed by atoms with Crippen LogP contribution in [-0.4, -0.2) is 11.3 Å². The predicted molar refractivity (Wildman–Crippen MR) is 107 cm³/mol. The first-order valence-corrected chi connectivity index (χ1v) is 8.61. The van der Waals surface area contributed by atoms with Gasteiger partial charge in [0.15, 0.2) is 0 Å². The number of furan rings is 1. The van der Waals surface area contributed by atoms with Crippen molar-refractivity contribution in [1.29, 1.82) is 0 Å². The minimum absolute atomic E-state index is 0.176. The highest BCUT2D eigenvalue weighted by Crippen LogP contribution is 2.43. The van der Waals surface area contributed by atoms with E-state index >= 15 is 0 Å². The van der Waals surface area contributed by atoms with Crippen molar-refractivity contribution >= 4 is 34.7 Å². The second-order valence-corrected chi connectivity index (χ2v) is 6.54. The minimum Gasteiger partial charge on any atom is -0.507 e. The Hall–Kier alpha value is -3.04.